The second-order valence-electron chi connectivity index (χ2n) is 14.6. The Kier molecular flexibility index (Phi) is 8.24. The van der Waals surface area contributed by atoms with Crippen molar-refractivity contribution in [1.82, 2.24) is 0 Å². The number of fused-ring (bicyclic) bond motifs is 4. The summed E-state index contributed by atoms with van der Waals surface area (Å²) >= 11 is 0. The Morgan fingerprint density at radius 1 is 0.774 bits per heavy atom. The van der Waals surface area contributed by atoms with Gasteiger partial charge in [-0.1, -0.05) is 35.9 Å². The summed E-state index contributed by atoms with van der Waals surface area (Å²) in [5.41, 5.74) is 3.19. The van der Waals surface area contributed by atoms with Gasteiger partial charge in [-0.25, -0.2) is 4.90 Å². The third-order valence-electron chi connectivity index (χ3n) is 11.6. The number of anilines is 3. The minimum Gasteiger partial charge on any atom is -0.508 e. The summed E-state index contributed by atoms with van der Waals surface area (Å²) < 4.78 is 5.35. The highest BCUT2D eigenvalue weighted by Gasteiger charge is 2.68. The molecule has 0 aromatic heterocycles. The first kappa shape index (κ1) is 34.0. The van der Waals surface area contributed by atoms with Gasteiger partial charge in [-0.15, -0.1) is 0 Å². The molecule has 2 saturated heterocycles. The number of nitrogens with zero attached hydrogens (tertiary/aromatic N) is 5. The number of hydrogen-bond acceptors (Lipinski definition) is 9. The van der Waals surface area contributed by atoms with Crippen molar-refractivity contribution in [3.05, 3.63) is 114 Å². The zero-order chi connectivity index (χ0) is 37.2. The number of benzene rings is 4. The van der Waals surface area contributed by atoms with Crippen LogP contribution in [0.3, 0.4) is 0 Å². The fourth-order valence-electron chi connectivity index (χ4n) is 8.93. The Morgan fingerprint density at radius 3 is 2.04 bits per heavy atom. The largest absolute Gasteiger partial charge is 0.508 e. The molecule has 11 heteroatoms. The molecular formula is C42H39N5O6. The van der Waals surface area contributed by atoms with Gasteiger partial charge in [0.25, 0.3) is 0 Å². The number of amides is 4. The van der Waals surface area contributed by atoms with E-state index in [9.17, 15) is 24.3 Å². The summed E-state index contributed by atoms with van der Waals surface area (Å²) in [6.45, 7) is 1.80. The topological polar surface area (TPSA) is 132 Å². The second-order valence-corrected chi connectivity index (χ2v) is 14.6. The Morgan fingerprint density at radius 2 is 1.42 bits per heavy atom. The van der Waals surface area contributed by atoms with E-state index < -0.39 is 35.0 Å². The van der Waals surface area contributed by atoms with Crippen molar-refractivity contribution in [3.63, 3.8) is 0 Å². The molecule has 2 aliphatic carbocycles. The van der Waals surface area contributed by atoms with Crippen LogP contribution in [0.1, 0.15) is 31.2 Å². The number of methoxy groups -OCH3 is 1. The smallest absolute Gasteiger partial charge is 0.241 e. The zero-order valence-corrected chi connectivity index (χ0v) is 29.8. The lowest BCUT2D eigenvalue weighted by atomic mass is 9.51. The maximum Gasteiger partial charge on any atom is 0.241 e. The van der Waals surface area contributed by atoms with Crippen LogP contribution in [0.4, 0.5) is 28.4 Å². The summed E-state index contributed by atoms with van der Waals surface area (Å²) in [6, 6.07) is 28.2. The molecule has 4 amide bonds. The lowest BCUT2D eigenvalue weighted by molar-refractivity contribution is -0.131. The highest BCUT2D eigenvalue weighted by Crippen LogP contribution is 2.64. The number of imide groups is 2. The highest BCUT2D eigenvalue weighted by molar-refractivity contribution is 6.25. The number of carbonyl (C=O) groups excluding carboxylic acids is 4. The molecule has 0 spiro atoms. The van der Waals surface area contributed by atoms with Gasteiger partial charge in [0, 0.05) is 37.3 Å². The van der Waals surface area contributed by atoms with Crippen LogP contribution in [-0.4, -0.2) is 49.9 Å². The molecule has 3 fully saturated rings. The van der Waals surface area contributed by atoms with Crippen molar-refractivity contribution in [3.8, 4) is 11.5 Å². The minimum atomic E-state index is -1.27. The van der Waals surface area contributed by atoms with Gasteiger partial charge < -0.3 is 14.7 Å². The molecule has 268 valence electrons. The number of phenols is 1. The Bertz CT molecular complexity index is 2200. The Labute approximate surface area is 307 Å². The molecule has 4 aromatic carbocycles. The molecule has 2 aliphatic heterocycles. The minimum absolute atomic E-state index is 0.0744. The summed E-state index contributed by atoms with van der Waals surface area (Å²) in [4.78, 5) is 62.0. The number of para-hydroxylation sites is 1. The van der Waals surface area contributed by atoms with Crippen molar-refractivity contribution in [2.75, 3.05) is 35.9 Å². The molecular weight excluding hydrogens is 670 g/mol. The van der Waals surface area contributed by atoms with Crippen molar-refractivity contribution < 1.29 is 29.0 Å². The summed E-state index contributed by atoms with van der Waals surface area (Å²) in [6.07, 6.45) is 2.47. The van der Waals surface area contributed by atoms with Crippen molar-refractivity contribution in [1.29, 1.82) is 0 Å². The summed E-state index contributed by atoms with van der Waals surface area (Å²) in [5, 5.41) is 20.1. The van der Waals surface area contributed by atoms with Gasteiger partial charge in [-0.3, -0.25) is 24.1 Å². The molecule has 4 aromatic rings. The van der Waals surface area contributed by atoms with Gasteiger partial charge in [0.15, 0.2) is 0 Å². The van der Waals surface area contributed by atoms with E-state index in [0.717, 1.165) is 11.3 Å². The lowest BCUT2D eigenvalue weighted by Crippen LogP contribution is -2.48. The van der Waals surface area contributed by atoms with Gasteiger partial charge in [0.05, 0.1) is 53.0 Å². The average molecular weight is 710 g/mol. The average Bonchev–Trinajstić information content (AvgIpc) is 3.54. The van der Waals surface area contributed by atoms with Gasteiger partial charge in [0.2, 0.25) is 23.6 Å². The third-order valence-corrected chi connectivity index (χ3v) is 11.6. The molecule has 0 radical (unpaired) electrons. The first-order chi connectivity index (χ1) is 25.5. The molecule has 1 N–H and O–H groups in total. The van der Waals surface area contributed by atoms with E-state index in [-0.39, 0.29) is 42.2 Å². The van der Waals surface area contributed by atoms with E-state index in [1.54, 1.807) is 67.6 Å². The third kappa shape index (κ3) is 5.32. The van der Waals surface area contributed by atoms with Crippen LogP contribution in [0.5, 0.6) is 11.5 Å². The number of aromatic hydroxyl groups is 1. The first-order valence-corrected chi connectivity index (χ1v) is 17.7. The van der Waals surface area contributed by atoms with Crippen LogP contribution in [0.2, 0.25) is 0 Å². The van der Waals surface area contributed by atoms with Crippen LogP contribution in [-0.2, 0) is 19.2 Å². The number of azo groups is 1. The number of rotatable bonds is 7. The normalized spacial score (nSPS) is 26.4. The SMILES string of the molecule is COc1ccc([C@H]2C3=CC[C@@H]4C(=O)N(c5ccc(N=Nc6ccc(N(C)C)cc6)cc5)C(=O)[C@@H]4[C@@H]3C[C@H]3C(=O)N(c4ccccc4)C(=O)[C@@]23C)c(O)c1. The van der Waals surface area contributed by atoms with Crippen LogP contribution in [0, 0.1) is 29.1 Å². The standard InChI is InChI=1S/C42H39N5O6/c1-42-34(39(50)47(41(42)52)27-8-6-5-7-9-27)23-33-30(37(42)31-19-18-29(53-4)22-35(31)48)20-21-32-36(33)40(51)46(38(32)49)28-16-12-25(13-17-28)44-43-24-10-14-26(15-11-24)45(2)3/h5-20,22,32-34,36-37,48H,21,23H2,1-4H3/t32-,33+,34-,36-,37+,42+/m0/s1. The maximum atomic E-state index is 14.6. The fourth-order valence-corrected chi connectivity index (χ4v) is 8.93. The van der Waals surface area contributed by atoms with Crippen LogP contribution in [0.15, 0.2) is 119 Å². The van der Waals surface area contributed by atoms with Gasteiger partial charge in [-0.05, 0) is 92.4 Å². The van der Waals surface area contributed by atoms with Crippen molar-refractivity contribution in [2.24, 2.45) is 39.3 Å². The number of phenolic OH excluding ortho intramolecular Hbond substituents is 1. The van der Waals surface area contributed by atoms with Gasteiger partial charge in [0.1, 0.15) is 11.5 Å². The maximum absolute atomic E-state index is 14.6. The second kappa shape index (κ2) is 12.8. The predicted molar refractivity (Wildman–Crippen MR) is 200 cm³/mol. The van der Waals surface area contributed by atoms with Gasteiger partial charge >= 0.3 is 0 Å². The number of ether oxygens (including phenoxy) is 1. The van der Waals surface area contributed by atoms with E-state index in [1.807, 2.05) is 55.4 Å². The van der Waals surface area contributed by atoms with E-state index in [4.69, 9.17) is 4.74 Å². The molecule has 2 heterocycles. The van der Waals surface area contributed by atoms with E-state index >= 15 is 0 Å². The van der Waals surface area contributed by atoms with E-state index in [2.05, 4.69) is 10.2 Å². The first-order valence-electron chi connectivity index (χ1n) is 17.7. The summed E-state index contributed by atoms with van der Waals surface area (Å²) in [5.74, 6) is -4.42. The van der Waals surface area contributed by atoms with E-state index in [1.165, 1.54) is 23.0 Å². The van der Waals surface area contributed by atoms with E-state index in [0.29, 0.717) is 34.1 Å². The van der Waals surface area contributed by atoms with Crippen LogP contribution < -0.4 is 19.4 Å². The van der Waals surface area contributed by atoms with Gasteiger partial charge in [-0.2, -0.15) is 10.2 Å². The molecule has 11 nitrogen and oxygen atoms in total. The van der Waals surface area contributed by atoms with Crippen LogP contribution >= 0.6 is 0 Å². The highest BCUT2D eigenvalue weighted by atomic mass is 16.5. The number of carbonyl (C=O) groups is 4. The van der Waals surface area contributed by atoms with Crippen molar-refractivity contribution >= 4 is 52.1 Å². The molecule has 0 unspecified atom stereocenters. The molecule has 8 rings (SSSR count). The molecule has 53 heavy (non-hydrogen) atoms. The molecule has 1 saturated carbocycles. The number of allylic oxidation sites excluding steroid dienone is 2. The summed E-state index contributed by atoms with van der Waals surface area (Å²) in [7, 11) is 5.43. The molecule has 0 bridgehead atoms. The Balaban J connectivity index is 1.13. The number of hydrogen-bond donors (Lipinski definition) is 1. The monoisotopic (exact) mass is 709 g/mol. The fraction of sp³-hybridized carbons (Fsp3) is 0.286. The molecule has 4 aliphatic rings. The Hall–Kier alpha value is -6.10. The van der Waals surface area contributed by atoms with Crippen LogP contribution in [0.25, 0.3) is 0 Å². The lowest BCUT2D eigenvalue weighted by Gasteiger charge is -2.49. The predicted octanol–water partition coefficient (Wildman–Crippen LogP) is 7.32. The molecule has 6 atom stereocenters. The zero-order valence-electron chi connectivity index (χ0n) is 29.8. The van der Waals surface area contributed by atoms with Crippen molar-refractivity contribution in [2.45, 2.75) is 25.7 Å². The quantitative estimate of drug-likeness (QED) is 0.121.